The molecule has 2 rings (SSSR count). The van der Waals surface area contributed by atoms with Gasteiger partial charge in [0.15, 0.2) is 5.82 Å². The molecule has 0 spiro atoms. The number of aryl methyl sites for hydroxylation is 1. The van der Waals surface area contributed by atoms with Crippen LogP contribution in [0.1, 0.15) is 51.2 Å². The van der Waals surface area contributed by atoms with E-state index in [1.165, 1.54) is 18.1 Å². The van der Waals surface area contributed by atoms with E-state index in [9.17, 15) is 4.79 Å². The maximum Gasteiger partial charge on any atom is 0.330 e. The second-order valence-electron chi connectivity index (χ2n) is 6.62. The van der Waals surface area contributed by atoms with E-state index in [4.69, 9.17) is 4.74 Å². The lowest BCUT2D eigenvalue weighted by Crippen LogP contribution is -2.08. The number of carbonyl (C=O) groups is 1. The summed E-state index contributed by atoms with van der Waals surface area (Å²) in [6.07, 6.45) is 11.4. The Bertz CT molecular complexity index is 706. The molecule has 1 aromatic heterocycles. The van der Waals surface area contributed by atoms with Crippen molar-refractivity contribution in [2.24, 2.45) is 5.92 Å². The van der Waals surface area contributed by atoms with Crippen molar-refractivity contribution in [3.63, 3.8) is 0 Å². The van der Waals surface area contributed by atoms with Crippen molar-refractivity contribution in [2.45, 2.75) is 46.5 Å². The number of hydrogen-bond donors (Lipinski definition) is 0. The standard InChI is InChI=1S/C22H28N2O2/c1-4-6-7-19-14-23-22(24-15-19)20-11-8-18(9-12-20)10-13-21(25)26-16-17(3)5-2/h8-15,17H,4-7,16H2,1-3H3/b13-10+. The molecule has 0 saturated carbocycles. The Labute approximate surface area is 156 Å². The van der Waals surface area contributed by atoms with Crippen LogP contribution in [0.3, 0.4) is 0 Å². The third kappa shape index (κ3) is 6.43. The van der Waals surface area contributed by atoms with Gasteiger partial charge >= 0.3 is 5.97 Å². The van der Waals surface area contributed by atoms with Crippen molar-refractivity contribution < 1.29 is 9.53 Å². The molecule has 0 radical (unpaired) electrons. The van der Waals surface area contributed by atoms with E-state index in [1.54, 1.807) is 6.08 Å². The van der Waals surface area contributed by atoms with Crippen LogP contribution in [0, 0.1) is 5.92 Å². The van der Waals surface area contributed by atoms with Gasteiger partial charge in [-0.2, -0.15) is 0 Å². The van der Waals surface area contributed by atoms with Crippen LogP contribution in [-0.2, 0) is 16.0 Å². The van der Waals surface area contributed by atoms with Crippen LogP contribution in [0.15, 0.2) is 42.7 Å². The van der Waals surface area contributed by atoms with Crippen LogP contribution >= 0.6 is 0 Å². The lowest BCUT2D eigenvalue weighted by atomic mass is 10.1. The molecule has 0 aliphatic rings. The third-order valence-electron chi connectivity index (χ3n) is 4.31. The zero-order valence-corrected chi connectivity index (χ0v) is 15.9. The van der Waals surface area contributed by atoms with Gasteiger partial charge in [0, 0.05) is 24.0 Å². The van der Waals surface area contributed by atoms with Crippen molar-refractivity contribution in [1.82, 2.24) is 9.97 Å². The average molecular weight is 352 g/mol. The van der Waals surface area contributed by atoms with E-state index in [1.807, 2.05) is 36.7 Å². The summed E-state index contributed by atoms with van der Waals surface area (Å²) >= 11 is 0. The van der Waals surface area contributed by atoms with E-state index >= 15 is 0 Å². The molecule has 138 valence electrons. The highest BCUT2D eigenvalue weighted by Crippen LogP contribution is 2.16. The first kappa shape index (κ1) is 19.8. The Kier molecular flexibility index (Phi) is 8.00. The Morgan fingerprint density at radius 1 is 1.15 bits per heavy atom. The van der Waals surface area contributed by atoms with Crippen molar-refractivity contribution in [2.75, 3.05) is 6.61 Å². The SMILES string of the molecule is CCCCc1cnc(-c2ccc(/C=C/C(=O)OCC(C)CC)cc2)nc1. The average Bonchev–Trinajstić information content (AvgIpc) is 2.69. The first-order valence-electron chi connectivity index (χ1n) is 9.38. The minimum absolute atomic E-state index is 0.305. The first-order valence-corrected chi connectivity index (χ1v) is 9.38. The number of carbonyl (C=O) groups excluding carboxylic acids is 1. The molecule has 0 aliphatic heterocycles. The van der Waals surface area contributed by atoms with Crippen molar-refractivity contribution in [1.29, 1.82) is 0 Å². The van der Waals surface area contributed by atoms with Crippen molar-refractivity contribution >= 4 is 12.0 Å². The van der Waals surface area contributed by atoms with E-state index in [0.717, 1.165) is 30.4 Å². The summed E-state index contributed by atoms with van der Waals surface area (Å²) in [5.41, 5.74) is 3.07. The molecule has 0 aliphatic carbocycles. The largest absolute Gasteiger partial charge is 0.462 e. The third-order valence-corrected chi connectivity index (χ3v) is 4.31. The molecule has 0 saturated heterocycles. The van der Waals surface area contributed by atoms with Gasteiger partial charge in [0.25, 0.3) is 0 Å². The highest BCUT2D eigenvalue weighted by Gasteiger charge is 2.04. The smallest absolute Gasteiger partial charge is 0.330 e. The number of aromatic nitrogens is 2. The summed E-state index contributed by atoms with van der Waals surface area (Å²) in [5.74, 6) is 0.800. The van der Waals surface area contributed by atoms with E-state index in [0.29, 0.717) is 18.3 Å². The molecular weight excluding hydrogens is 324 g/mol. The molecule has 4 nitrogen and oxygen atoms in total. The van der Waals surface area contributed by atoms with E-state index < -0.39 is 0 Å². The minimum atomic E-state index is -0.305. The number of hydrogen-bond acceptors (Lipinski definition) is 4. The van der Waals surface area contributed by atoms with Crippen molar-refractivity contribution in [3.05, 3.63) is 53.9 Å². The van der Waals surface area contributed by atoms with Crippen LogP contribution in [-0.4, -0.2) is 22.5 Å². The van der Waals surface area contributed by atoms with Gasteiger partial charge in [-0.05, 0) is 36.0 Å². The molecule has 0 amide bonds. The Morgan fingerprint density at radius 3 is 2.46 bits per heavy atom. The lowest BCUT2D eigenvalue weighted by Gasteiger charge is -2.07. The Hall–Kier alpha value is -2.49. The number of ether oxygens (including phenoxy) is 1. The molecule has 0 bridgehead atoms. The van der Waals surface area contributed by atoms with Crippen LogP contribution in [0.4, 0.5) is 0 Å². The van der Waals surface area contributed by atoms with Gasteiger partial charge in [0.05, 0.1) is 6.61 Å². The minimum Gasteiger partial charge on any atom is -0.462 e. The lowest BCUT2D eigenvalue weighted by molar-refractivity contribution is -0.138. The molecule has 26 heavy (non-hydrogen) atoms. The van der Waals surface area contributed by atoms with Gasteiger partial charge in [-0.1, -0.05) is 57.9 Å². The molecule has 4 heteroatoms. The predicted octanol–water partition coefficient (Wildman–Crippen LogP) is 5.09. The fourth-order valence-corrected chi connectivity index (χ4v) is 2.31. The van der Waals surface area contributed by atoms with Gasteiger partial charge in [-0.25, -0.2) is 14.8 Å². The molecule has 1 atom stereocenters. The summed E-state index contributed by atoms with van der Waals surface area (Å²) in [4.78, 5) is 20.6. The topological polar surface area (TPSA) is 52.1 Å². The fourth-order valence-electron chi connectivity index (χ4n) is 2.31. The molecule has 0 fully saturated rings. The maximum atomic E-state index is 11.7. The molecule has 1 aromatic carbocycles. The summed E-state index contributed by atoms with van der Waals surface area (Å²) < 4.78 is 5.20. The molecule has 2 aromatic rings. The van der Waals surface area contributed by atoms with Crippen LogP contribution in [0.25, 0.3) is 17.5 Å². The van der Waals surface area contributed by atoms with E-state index in [2.05, 4.69) is 30.7 Å². The van der Waals surface area contributed by atoms with Gasteiger partial charge in [-0.3, -0.25) is 0 Å². The Morgan fingerprint density at radius 2 is 1.85 bits per heavy atom. The monoisotopic (exact) mass is 352 g/mol. The maximum absolute atomic E-state index is 11.7. The molecule has 1 heterocycles. The Balaban J connectivity index is 1.93. The van der Waals surface area contributed by atoms with Crippen LogP contribution < -0.4 is 0 Å². The van der Waals surface area contributed by atoms with Gasteiger partial charge < -0.3 is 4.74 Å². The zero-order valence-electron chi connectivity index (χ0n) is 15.9. The highest BCUT2D eigenvalue weighted by molar-refractivity contribution is 5.87. The number of esters is 1. The van der Waals surface area contributed by atoms with Crippen molar-refractivity contribution in [3.8, 4) is 11.4 Å². The highest BCUT2D eigenvalue weighted by atomic mass is 16.5. The second kappa shape index (κ2) is 10.5. The number of nitrogens with zero attached hydrogens (tertiary/aromatic N) is 2. The van der Waals surface area contributed by atoms with Gasteiger partial charge in [-0.15, -0.1) is 0 Å². The molecule has 1 unspecified atom stereocenters. The van der Waals surface area contributed by atoms with Crippen LogP contribution in [0.2, 0.25) is 0 Å². The zero-order chi connectivity index (χ0) is 18.8. The summed E-state index contributed by atoms with van der Waals surface area (Å²) in [6, 6.07) is 7.82. The normalized spacial score (nSPS) is 12.3. The van der Waals surface area contributed by atoms with Gasteiger partial charge in [0.1, 0.15) is 0 Å². The number of benzene rings is 1. The summed E-state index contributed by atoms with van der Waals surface area (Å²) in [5, 5.41) is 0. The number of unbranched alkanes of at least 4 members (excludes halogenated alkanes) is 1. The molecule has 0 N–H and O–H groups in total. The quantitative estimate of drug-likeness (QED) is 0.466. The van der Waals surface area contributed by atoms with Crippen LogP contribution in [0.5, 0.6) is 0 Å². The summed E-state index contributed by atoms with van der Waals surface area (Å²) in [7, 11) is 0. The number of rotatable bonds is 9. The molecular formula is C22H28N2O2. The van der Waals surface area contributed by atoms with Gasteiger partial charge in [0.2, 0.25) is 0 Å². The fraction of sp³-hybridized carbons (Fsp3) is 0.409. The second-order valence-corrected chi connectivity index (χ2v) is 6.62. The first-order chi connectivity index (χ1) is 12.6. The van der Waals surface area contributed by atoms with E-state index in [-0.39, 0.29) is 5.97 Å². The summed E-state index contributed by atoms with van der Waals surface area (Å²) in [6.45, 7) is 6.79. The predicted molar refractivity (Wildman–Crippen MR) is 106 cm³/mol.